The van der Waals surface area contributed by atoms with Gasteiger partial charge >= 0.3 is 7.05 Å². The van der Waals surface area contributed by atoms with Crippen molar-refractivity contribution in [2.24, 2.45) is 0 Å². The molecule has 3 aliphatic rings. The van der Waals surface area contributed by atoms with Gasteiger partial charge in [0, 0.05) is 12.6 Å². The second-order valence-electron chi connectivity index (χ2n) is 4.46. The number of ether oxygens (including phenoxy) is 1. The molecule has 2 aliphatic heterocycles. The van der Waals surface area contributed by atoms with Crippen LogP contribution in [-0.4, -0.2) is 38.5 Å². The topological polar surface area (TPSA) is 42.5 Å². The Kier molecular flexibility index (Phi) is 2.49. The van der Waals surface area contributed by atoms with Gasteiger partial charge in [0.1, 0.15) is 0 Å². The number of hydrogen-bond acceptors (Lipinski definition) is 4. The maximum Gasteiger partial charge on any atom is 0.412 e. The van der Waals surface area contributed by atoms with Crippen LogP contribution in [0.3, 0.4) is 0 Å². The van der Waals surface area contributed by atoms with Crippen LogP contribution in [0.15, 0.2) is 0 Å². The second kappa shape index (κ2) is 3.81. The minimum absolute atomic E-state index is 0.123. The van der Waals surface area contributed by atoms with Gasteiger partial charge in [-0.1, -0.05) is 12.8 Å². The Hall–Kier alpha value is -0.0951. The molecule has 0 aromatic carbocycles. The van der Waals surface area contributed by atoms with E-state index in [4.69, 9.17) is 9.39 Å². The smallest absolute Gasteiger partial charge is 0.412 e. The highest BCUT2D eigenvalue weighted by molar-refractivity contribution is 6.51. The van der Waals surface area contributed by atoms with Gasteiger partial charge in [-0.05, 0) is 12.8 Å². The summed E-state index contributed by atoms with van der Waals surface area (Å²) in [6, 6.07) is 0.790. The molecule has 0 bridgehead atoms. The summed E-state index contributed by atoms with van der Waals surface area (Å²) in [5, 5.41) is 6.74. The summed E-state index contributed by atoms with van der Waals surface area (Å²) in [6.45, 7) is 1.58. The van der Waals surface area contributed by atoms with Crippen LogP contribution in [0.25, 0.3) is 0 Å². The van der Waals surface area contributed by atoms with E-state index in [-0.39, 0.29) is 13.1 Å². The van der Waals surface area contributed by atoms with E-state index in [0.29, 0.717) is 18.9 Å². The fourth-order valence-corrected chi connectivity index (χ4v) is 2.70. The van der Waals surface area contributed by atoms with Crippen molar-refractivity contribution in [3.05, 3.63) is 0 Å². The minimum atomic E-state index is 0.123. The zero-order valence-electron chi connectivity index (χ0n) is 8.37. The molecule has 1 aliphatic carbocycles. The van der Waals surface area contributed by atoms with E-state index in [1.165, 1.54) is 25.7 Å². The van der Waals surface area contributed by atoms with E-state index in [1.807, 2.05) is 0 Å². The van der Waals surface area contributed by atoms with Crippen LogP contribution in [0, 0.1) is 0 Å². The van der Waals surface area contributed by atoms with Gasteiger partial charge in [-0.15, -0.1) is 0 Å². The average Bonchev–Trinajstić information content (AvgIpc) is 2.86. The summed E-state index contributed by atoms with van der Waals surface area (Å²) < 4.78 is 11.5. The molecule has 4 nitrogen and oxygen atoms in total. The highest BCUT2D eigenvalue weighted by Crippen LogP contribution is 2.27. The van der Waals surface area contributed by atoms with E-state index < -0.39 is 0 Å². The van der Waals surface area contributed by atoms with Crippen LogP contribution >= 0.6 is 0 Å². The normalized spacial score (nSPS) is 42.9. The third kappa shape index (κ3) is 1.58. The Balaban J connectivity index is 1.61. The van der Waals surface area contributed by atoms with Gasteiger partial charge in [0.15, 0.2) is 0 Å². The fraction of sp³-hybridized carbons (Fsp3) is 1.00. The number of hydrogen-bond donors (Lipinski definition) is 2. The van der Waals surface area contributed by atoms with Gasteiger partial charge in [-0.3, -0.25) is 5.32 Å². The molecule has 2 saturated heterocycles. The zero-order valence-corrected chi connectivity index (χ0v) is 8.37. The van der Waals surface area contributed by atoms with Crippen molar-refractivity contribution in [3.63, 3.8) is 0 Å². The molecular weight excluding hydrogens is 179 g/mol. The highest BCUT2D eigenvalue weighted by Gasteiger charge is 2.44. The third-order valence-corrected chi connectivity index (χ3v) is 3.48. The molecule has 3 atom stereocenters. The molecule has 5 heteroatoms. The summed E-state index contributed by atoms with van der Waals surface area (Å²) in [4.78, 5) is 0. The van der Waals surface area contributed by atoms with Crippen molar-refractivity contribution in [1.82, 2.24) is 10.5 Å². The molecule has 14 heavy (non-hydrogen) atoms. The second-order valence-corrected chi connectivity index (χ2v) is 4.46. The first kappa shape index (κ1) is 9.15. The standard InChI is InChI=1S/C9H17BN2O2/c1-2-4-8-7(3-1)12-10(14-8)9-5-11-6-13-9/h7-9,11-12H,1-6H2/t7-,8+,9?/m0/s1. The molecule has 0 amide bonds. The van der Waals surface area contributed by atoms with Gasteiger partial charge < -0.3 is 14.6 Å². The van der Waals surface area contributed by atoms with Crippen molar-refractivity contribution in [1.29, 1.82) is 0 Å². The minimum Gasteiger partial charge on any atom is -0.415 e. The van der Waals surface area contributed by atoms with Gasteiger partial charge in [-0.25, -0.2) is 0 Å². The van der Waals surface area contributed by atoms with Crippen molar-refractivity contribution < 1.29 is 9.39 Å². The van der Waals surface area contributed by atoms with E-state index in [1.54, 1.807) is 0 Å². The molecule has 0 aromatic heterocycles. The van der Waals surface area contributed by atoms with Crippen LogP contribution in [-0.2, 0) is 9.39 Å². The molecular formula is C9H17BN2O2. The largest absolute Gasteiger partial charge is 0.415 e. The van der Waals surface area contributed by atoms with E-state index in [9.17, 15) is 0 Å². The summed E-state index contributed by atoms with van der Waals surface area (Å²) >= 11 is 0. The first-order valence-electron chi connectivity index (χ1n) is 5.67. The maximum atomic E-state index is 5.97. The van der Waals surface area contributed by atoms with Gasteiger partial charge in [0.2, 0.25) is 0 Å². The fourth-order valence-electron chi connectivity index (χ4n) is 2.70. The molecule has 1 unspecified atom stereocenters. The summed E-state index contributed by atoms with van der Waals surface area (Å²) in [5.41, 5.74) is 0. The van der Waals surface area contributed by atoms with E-state index in [2.05, 4.69) is 10.5 Å². The first-order chi connectivity index (χ1) is 6.93. The van der Waals surface area contributed by atoms with E-state index >= 15 is 0 Å². The predicted octanol–water partition coefficient (Wildman–Crippen LogP) is -0.109. The molecule has 0 aromatic rings. The highest BCUT2D eigenvalue weighted by atomic mass is 16.5. The Bertz CT molecular complexity index is 197. The Morgan fingerprint density at radius 1 is 1.21 bits per heavy atom. The van der Waals surface area contributed by atoms with Crippen molar-refractivity contribution in [2.75, 3.05) is 13.3 Å². The lowest BCUT2D eigenvalue weighted by molar-refractivity contribution is 0.124. The van der Waals surface area contributed by atoms with Crippen molar-refractivity contribution in [2.45, 2.75) is 43.8 Å². The third-order valence-electron chi connectivity index (χ3n) is 3.48. The van der Waals surface area contributed by atoms with Crippen LogP contribution in [0.2, 0.25) is 0 Å². The molecule has 0 radical (unpaired) electrons. The molecule has 2 N–H and O–H groups in total. The summed E-state index contributed by atoms with van der Waals surface area (Å²) in [7, 11) is 0.123. The van der Waals surface area contributed by atoms with Gasteiger partial charge in [-0.2, -0.15) is 0 Å². The molecule has 78 valence electrons. The molecule has 1 saturated carbocycles. The monoisotopic (exact) mass is 196 g/mol. The number of nitrogens with one attached hydrogen (secondary N) is 2. The number of rotatable bonds is 1. The quantitative estimate of drug-likeness (QED) is 0.574. The zero-order chi connectivity index (χ0) is 9.38. The Morgan fingerprint density at radius 3 is 2.93 bits per heavy atom. The van der Waals surface area contributed by atoms with Crippen molar-refractivity contribution >= 4 is 7.05 Å². The van der Waals surface area contributed by atoms with Crippen LogP contribution in [0.4, 0.5) is 0 Å². The molecule has 3 fully saturated rings. The average molecular weight is 196 g/mol. The molecule has 0 spiro atoms. The van der Waals surface area contributed by atoms with Gasteiger partial charge in [0.05, 0.1) is 18.8 Å². The first-order valence-corrected chi connectivity index (χ1v) is 5.67. The lowest BCUT2D eigenvalue weighted by atomic mass is 9.75. The predicted molar refractivity (Wildman–Crippen MR) is 53.8 cm³/mol. The van der Waals surface area contributed by atoms with Gasteiger partial charge in [0.25, 0.3) is 0 Å². The summed E-state index contributed by atoms with van der Waals surface area (Å²) in [5.74, 6) is 0. The lowest BCUT2D eigenvalue weighted by Gasteiger charge is -2.23. The maximum absolute atomic E-state index is 5.97. The SMILES string of the molecule is C1CC[C@H]2OB(C3CNCO3)N[C@H]2C1. The molecule has 3 rings (SSSR count). The van der Waals surface area contributed by atoms with Crippen LogP contribution in [0.1, 0.15) is 25.7 Å². The lowest BCUT2D eigenvalue weighted by Crippen LogP contribution is -2.46. The van der Waals surface area contributed by atoms with Crippen LogP contribution < -0.4 is 10.5 Å². The van der Waals surface area contributed by atoms with Crippen molar-refractivity contribution in [3.8, 4) is 0 Å². The number of fused-ring (bicyclic) bond motifs is 1. The Labute approximate surface area is 84.8 Å². The van der Waals surface area contributed by atoms with Crippen LogP contribution in [0.5, 0.6) is 0 Å². The molecule has 2 heterocycles. The Morgan fingerprint density at radius 2 is 2.14 bits per heavy atom. The van der Waals surface area contributed by atoms with E-state index in [0.717, 1.165) is 6.54 Å². The summed E-state index contributed by atoms with van der Waals surface area (Å²) in [6.07, 6.45) is 5.58.